The molecule has 0 spiro atoms. The summed E-state index contributed by atoms with van der Waals surface area (Å²) >= 11 is 5.46. The van der Waals surface area contributed by atoms with Crippen LogP contribution in [-0.4, -0.2) is 7.05 Å². The highest BCUT2D eigenvalue weighted by Gasteiger charge is 2.40. The highest BCUT2D eigenvalue weighted by Crippen LogP contribution is 2.51. The fourth-order valence-electron chi connectivity index (χ4n) is 3.91. The average Bonchev–Trinajstić information content (AvgIpc) is 3.02. The van der Waals surface area contributed by atoms with Crippen LogP contribution < -0.4 is 5.32 Å². The molecule has 2 bridgehead atoms. The van der Waals surface area contributed by atoms with E-state index < -0.39 is 0 Å². The molecule has 1 heterocycles. The van der Waals surface area contributed by atoms with Crippen molar-refractivity contribution in [2.45, 2.75) is 38.1 Å². The van der Waals surface area contributed by atoms with Crippen LogP contribution >= 0.6 is 27.3 Å². The zero-order valence-corrected chi connectivity index (χ0v) is 12.7. The number of hydrogen-bond acceptors (Lipinski definition) is 2. The molecule has 2 aliphatic rings. The van der Waals surface area contributed by atoms with E-state index in [1.807, 2.05) is 0 Å². The van der Waals surface area contributed by atoms with E-state index in [0.29, 0.717) is 6.04 Å². The zero-order chi connectivity index (χ0) is 11.8. The van der Waals surface area contributed by atoms with E-state index in [2.05, 4.69) is 39.1 Å². The highest BCUT2D eigenvalue weighted by molar-refractivity contribution is 9.10. The quantitative estimate of drug-likeness (QED) is 0.856. The molecule has 94 valence electrons. The number of nitrogens with one attached hydrogen (secondary N) is 1. The van der Waals surface area contributed by atoms with Gasteiger partial charge >= 0.3 is 0 Å². The van der Waals surface area contributed by atoms with Gasteiger partial charge in [0, 0.05) is 15.9 Å². The van der Waals surface area contributed by atoms with E-state index >= 15 is 0 Å². The Morgan fingerprint density at radius 1 is 1.41 bits per heavy atom. The molecule has 0 aliphatic heterocycles. The Kier molecular flexibility index (Phi) is 3.60. The van der Waals surface area contributed by atoms with Crippen molar-refractivity contribution in [2.24, 2.45) is 17.8 Å². The third-order valence-electron chi connectivity index (χ3n) is 4.79. The predicted molar refractivity (Wildman–Crippen MR) is 77.4 cm³/mol. The molecule has 0 radical (unpaired) electrons. The Hall–Kier alpha value is 0.140. The molecule has 2 fully saturated rings. The third-order valence-corrected chi connectivity index (χ3v) is 6.54. The van der Waals surface area contributed by atoms with Crippen molar-refractivity contribution in [2.75, 3.05) is 7.05 Å². The van der Waals surface area contributed by atoms with Crippen LogP contribution in [0.5, 0.6) is 0 Å². The molecule has 17 heavy (non-hydrogen) atoms. The first-order valence-corrected chi connectivity index (χ1v) is 8.40. The number of halogens is 1. The molecule has 1 aromatic heterocycles. The van der Waals surface area contributed by atoms with Crippen LogP contribution in [0.3, 0.4) is 0 Å². The molecule has 4 atom stereocenters. The molecule has 4 unspecified atom stereocenters. The number of rotatable bonds is 4. The molecule has 1 nitrogen and oxygen atoms in total. The first-order chi connectivity index (χ1) is 8.28. The van der Waals surface area contributed by atoms with Gasteiger partial charge in [-0.2, -0.15) is 11.3 Å². The summed E-state index contributed by atoms with van der Waals surface area (Å²) in [5.74, 6) is 3.07. The van der Waals surface area contributed by atoms with E-state index in [1.54, 1.807) is 11.3 Å². The van der Waals surface area contributed by atoms with Crippen LogP contribution in [0.25, 0.3) is 0 Å². The maximum Gasteiger partial charge on any atom is 0.0339 e. The van der Waals surface area contributed by atoms with Gasteiger partial charge < -0.3 is 5.32 Å². The molecule has 0 aromatic carbocycles. The maximum absolute atomic E-state index is 3.67. The van der Waals surface area contributed by atoms with Crippen LogP contribution in [-0.2, 0) is 0 Å². The topological polar surface area (TPSA) is 12.0 Å². The Morgan fingerprint density at radius 2 is 2.29 bits per heavy atom. The molecule has 3 heteroatoms. The van der Waals surface area contributed by atoms with Crippen molar-refractivity contribution in [1.29, 1.82) is 0 Å². The lowest BCUT2D eigenvalue weighted by molar-refractivity contribution is 0.284. The summed E-state index contributed by atoms with van der Waals surface area (Å²) < 4.78 is 1.28. The molecule has 3 rings (SSSR count). The first kappa shape index (κ1) is 12.2. The monoisotopic (exact) mass is 313 g/mol. The summed E-state index contributed by atoms with van der Waals surface area (Å²) in [6, 6.07) is 0.542. The summed E-state index contributed by atoms with van der Waals surface area (Å²) in [6.07, 6.45) is 7.34. The molecule has 2 aliphatic carbocycles. The lowest BCUT2D eigenvalue weighted by Gasteiger charge is -2.26. The number of hydrogen-bond donors (Lipinski definition) is 1. The van der Waals surface area contributed by atoms with Crippen molar-refractivity contribution in [3.63, 3.8) is 0 Å². The minimum atomic E-state index is 0.542. The van der Waals surface area contributed by atoms with Gasteiger partial charge in [-0.3, -0.25) is 0 Å². The van der Waals surface area contributed by atoms with E-state index in [-0.39, 0.29) is 0 Å². The summed E-state index contributed by atoms with van der Waals surface area (Å²) in [4.78, 5) is 0. The van der Waals surface area contributed by atoms with E-state index in [0.717, 1.165) is 17.8 Å². The molecular formula is C14H20BrNS. The van der Waals surface area contributed by atoms with Crippen molar-refractivity contribution >= 4 is 27.3 Å². The van der Waals surface area contributed by atoms with Gasteiger partial charge in [-0.15, -0.1) is 0 Å². The van der Waals surface area contributed by atoms with Crippen molar-refractivity contribution in [3.05, 3.63) is 20.8 Å². The van der Waals surface area contributed by atoms with Gasteiger partial charge in [-0.1, -0.05) is 6.42 Å². The van der Waals surface area contributed by atoms with Crippen molar-refractivity contribution < 1.29 is 0 Å². The van der Waals surface area contributed by atoms with Gasteiger partial charge in [0.15, 0.2) is 0 Å². The Morgan fingerprint density at radius 3 is 2.82 bits per heavy atom. The fraction of sp³-hybridized carbons (Fsp3) is 0.714. The SMILES string of the molecule is CNC(CC1CC2CCC1C2)c1cscc1Br. The average molecular weight is 314 g/mol. The fourth-order valence-corrected chi connectivity index (χ4v) is 5.54. The molecule has 1 aromatic rings. The lowest BCUT2D eigenvalue weighted by atomic mass is 9.83. The van der Waals surface area contributed by atoms with Gasteiger partial charge in [0.2, 0.25) is 0 Å². The largest absolute Gasteiger partial charge is 0.313 e. The first-order valence-electron chi connectivity index (χ1n) is 6.66. The normalized spacial score (nSPS) is 33.2. The molecular weight excluding hydrogens is 294 g/mol. The Labute approximate surface area is 116 Å². The van der Waals surface area contributed by atoms with E-state index in [4.69, 9.17) is 0 Å². The lowest BCUT2D eigenvalue weighted by Crippen LogP contribution is -2.22. The standard InChI is InChI=1S/C14H20BrNS/c1-16-14(12-7-17-8-13(12)15)6-11-5-9-2-3-10(11)4-9/h7-11,14,16H,2-6H2,1H3. The highest BCUT2D eigenvalue weighted by atomic mass is 79.9. The summed E-state index contributed by atoms with van der Waals surface area (Å²) in [7, 11) is 2.10. The predicted octanol–water partition coefficient (Wildman–Crippen LogP) is 4.60. The minimum absolute atomic E-state index is 0.542. The smallest absolute Gasteiger partial charge is 0.0339 e. The maximum atomic E-state index is 3.67. The second-order valence-corrected chi connectivity index (χ2v) is 7.28. The Bertz CT molecular complexity index is 389. The minimum Gasteiger partial charge on any atom is -0.313 e. The van der Waals surface area contributed by atoms with Gasteiger partial charge in [0.05, 0.1) is 0 Å². The van der Waals surface area contributed by atoms with Gasteiger partial charge in [-0.05, 0) is 77.4 Å². The van der Waals surface area contributed by atoms with Crippen molar-refractivity contribution in [1.82, 2.24) is 5.32 Å². The van der Waals surface area contributed by atoms with Crippen LogP contribution in [0.1, 0.15) is 43.7 Å². The van der Waals surface area contributed by atoms with E-state index in [9.17, 15) is 0 Å². The Balaban J connectivity index is 1.69. The van der Waals surface area contributed by atoms with Crippen LogP contribution in [0.15, 0.2) is 15.2 Å². The molecule has 0 saturated heterocycles. The van der Waals surface area contributed by atoms with Crippen molar-refractivity contribution in [3.8, 4) is 0 Å². The van der Waals surface area contributed by atoms with Crippen LogP contribution in [0, 0.1) is 17.8 Å². The summed E-state index contributed by atoms with van der Waals surface area (Å²) in [6.45, 7) is 0. The zero-order valence-electron chi connectivity index (χ0n) is 10.3. The van der Waals surface area contributed by atoms with Gasteiger partial charge in [-0.25, -0.2) is 0 Å². The van der Waals surface area contributed by atoms with Gasteiger partial charge in [0.25, 0.3) is 0 Å². The van der Waals surface area contributed by atoms with Crippen LogP contribution in [0.2, 0.25) is 0 Å². The van der Waals surface area contributed by atoms with E-state index in [1.165, 1.54) is 42.1 Å². The van der Waals surface area contributed by atoms with Crippen LogP contribution in [0.4, 0.5) is 0 Å². The second kappa shape index (κ2) is 5.02. The second-order valence-electron chi connectivity index (χ2n) is 5.69. The number of fused-ring (bicyclic) bond motifs is 2. The molecule has 2 saturated carbocycles. The number of thiophene rings is 1. The van der Waals surface area contributed by atoms with Gasteiger partial charge in [0.1, 0.15) is 0 Å². The molecule has 0 amide bonds. The summed E-state index contributed by atoms with van der Waals surface area (Å²) in [5, 5.41) is 7.99. The summed E-state index contributed by atoms with van der Waals surface area (Å²) in [5.41, 5.74) is 1.46. The third kappa shape index (κ3) is 2.34. The molecule has 1 N–H and O–H groups in total.